The molecule has 5 nitrogen and oxygen atoms in total. The van der Waals surface area contributed by atoms with E-state index in [0.717, 1.165) is 25.2 Å². The Labute approximate surface area is 108 Å². The second kappa shape index (κ2) is 5.82. The number of rotatable bonds is 4. The molecule has 18 heavy (non-hydrogen) atoms. The molecule has 1 aliphatic rings. The first-order chi connectivity index (χ1) is 8.70. The summed E-state index contributed by atoms with van der Waals surface area (Å²) in [5, 5.41) is 3.18. The summed E-state index contributed by atoms with van der Waals surface area (Å²) in [6, 6.07) is 4.01. The number of hydrogen-bond acceptors (Lipinski definition) is 3. The molecule has 1 fully saturated rings. The van der Waals surface area contributed by atoms with Gasteiger partial charge in [0.15, 0.2) is 0 Å². The Hall–Kier alpha value is -1.62. The molecule has 0 bridgehead atoms. The summed E-state index contributed by atoms with van der Waals surface area (Å²) >= 11 is 0. The Morgan fingerprint density at radius 3 is 3.00 bits per heavy atom. The zero-order chi connectivity index (χ0) is 13.0. The molecule has 98 valence electrons. The van der Waals surface area contributed by atoms with Crippen LogP contribution in [-0.2, 0) is 6.54 Å². The van der Waals surface area contributed by atoms with Crippen LogP contribution in [0.1, 0.15) is 5.56 Å². The van der Waals surface area contributed by atoms with Gasteiger partial charge in [-0.1, -0.05) is 6.07 Å². The maximum atomic E-state index is 12.1. The average molecular weight is 248 g/mol. The van der Waals surface area contributed by atoms with Gasteiger partial charge in [-0.25, -0.2) is 4.79 Å². The average Bonchev–Trinajstić information content (AvgIpc) is 2.37. The summed E-state index contributed by atoms with van der Waals surface area (Å²) in [5.41, 5.74) is 1.07. The lowest BCUT2D eigenvalue weighted by molar-refractivity contribution is 0.112. The molecule has 1 unspecified atom stereocenters. The Balaban J connectivity index is 2.03. The number of urea groups is 1. The van der Waals surface area contributed by atoms with E-state index >= 15 is 0 Å². The van der Waals surface area contributed by atoms with Crippen LogP contribution < -0.4 is 5.32 Å². The third kappa shape index (κ3) is 2.98. The molecule has 1 atom stereocenters. The van der Waals surface area contributed by atoms with Crippen LogP contribution in [0.4, 0.5) is 4.79 Å². The van der Waals surface area contributed by atoms with Gasteiger partial charge in [-0.15, -0.1) is 0 Å². The quantitative estimate of drug-likeness (QED) is 0.857. The van der Waals surface area contributed by atoms with Crippen LogP contribution in [0.15, 0.2) is 24.5 Å². The summed E-state index contributed by atoms with van der Waals surface area (Å²) in [4.78, 5) is 19.9. The number of pyridine rings is 1. The van der Waals surface area contributed by atoms with E-state index in [9.17, 15) is 4.79 Å². The van der Waals surface area contributed by atoms with Gasteiger partial charge in [-0.2, -0.15) is 0 Å². The van der Waals surface area contributed by atoms with Crippen molar-refractivity contribution >= 4 is 6.03 Å². The second-order valence-electron chi connectivity index (χ2n) is 4.83. The predicted molar refractivity (Wildman–Crippen MR) is 70.1 cm³/mol. The lowest BCUT2D eigenvalue weighted by Gasteiger charge is -2.38. The molecule has 0 saturated carbocycles. The van der Waals surface area contributed by atoms with E-state index in [2.05, 4.69) is 10.3 Å². The van der Waals surface area contributed by atoms with Crippen LogP contribution in [0.25, 0.3) is 0 Å². The van der Waals surface area contributed by atoms with E-state index in [1.807, 2.05) is 37.3 Å². The molecule has 1 saturated heterocycles. The topological polar surface area (TPSA) is 48.5 Å². The number of carbonyl (C=O) groups excluding carboxylic acids is 1. The molecular formula is C13H20N4O. The van der Waals surface area contributed by atoms with Gasteiger partial charge < -0.3 is 15.1 Å². The fourth-order valence-electron chi connectivity index (χ4n) is 2.42. The van der Waals surface area contributed by atoms with Crippen LogP contribution in [0, 0.1) is 5.92 Å². The monoisotopic (exact) mass is 248 g/mol. The van der Waals surface area contributed by atoms with Crippen LogP contribution in [0.3, 0.4) is 0 Å². The van der Waals surface area contributed by atoms with Crippen molar-refractivity contribution < 1.29 is 4.79 Å². The number of amides is 2. The zero-order valence-electron chi connectivity index (χ0n) is 11.0. The van der Waals surface area contributed by atoms with Crippen LogP contribution in [-0.4, -0.2) is 54.5 Å². The highest BCUT2D eigenvalue weighted by Crippen LogP contribution is 2.15. The minimum Gasteiger partial charge on any atom is -0.327 e. The van der Waals surface area contributed by atoms with Crippen molar-refractivity contribution in [3.05, 3.63) is 30.1 Å². The smallest absolute Gasteiger partial charge is 0.320 e. The third-order valence-electron chi connectivity index (χ3n) is 3.20. The molecule has 0 radical (unpaired) electrons. The minimum atomic E-state index is 0.103. The molecule has 1 aromatic rings. The fraction of sp³-hybridized carbons (Fsp3) is 0.538. The van der Waals surface area contributed by atoms with Gasteiger partial charge >= 0.3 is 6.03 Å². The first-order valence-corrected chi connectivity index (χ1v) is 6.24. The van der Waals surface area contributed by atoms with Gasteiger partial charge in [0.1, 0.15) is 0 Å². The van der Waals surface area contributed by atoms with Gasteiger partial charge in [0.2, 0.25) is 0 Å². The van der Waals surface area contributed by atoms with Gasteiger partial charge in [0, 0.05) is 51.5 Å². The van der Waals surface area contributed by atoms with E-state index in [4.69, 9.17) is 0 Å². The van der Waals surface area contributed by atoms with E-state index in [1.165, 1.54) is 0 Å². The molecule has 5 heteroatoms. The number of carbonyl (C=O) groups is 1. The summed E-state index contributed by atoms with van der Waals surface area (Å²) < 4.78 is 0. The first kappa shape index (κ1) is 12.8. The van der Waals surface area contributed by atoms with Gasteiger partial charge in [0.25, 0.3) is 0 Å². The normalized spacial score (nSPS) is 20.3. The number of aromatic nitrogens is 1. The highest BCUT2D eigenvalue weighted by Gasteiger charge is 2.28. The molecular weight excluding hydrogens is 228 g/mol. The lowest BCUT2D eigenvalue weighted by atomic mass is 10.1. The Morgan fingerprint density at radius 1 is 1.50 bits per heavy atom. The van der Waals surface area contributed by atoms with Crippen molar-refractivity contribution in [2.24, 2.45) is 5.92 Å². The fourth-order valence-corrected chi connectivity index (χ4v) is 2.42. The van der Waals surface area contributed by atoms with Crippen LogP contribution in [0.2, 0.25) is 0 Å². The van der Waals surface area contributed by atoms with E-state index < -0.39 is 0 Å². The van der Waals surface area contributed by atoms with Crippen molar-refractivity contribution in [2.45, 2.75) is 6.54 Å². The van der Waals surface area contributed by atoms with Gasteiger partial charge in [-0.3, -0.25) is 4.98 Å². The van der Waals surface area contributed by atoms with Crippen LogP contribution in [0.5, 0.6) is 0 Å². The first-order valence-electron chi connectivity index (χ1n) is 6.24. The molecule has 0 spiro atoms. The lowest BCUT2D eigenvalue weighted by Crippen LogP contribution is -2.53. The summed E-state index contributed by atoms with van der Waals surface area (Å²) in [7, 11) is 3.81. The highest BCUT2D eigenvalue weighted by atomic mass is 16.2. The Kier molecular flexibility index (Phi) is 4.15. The van der Waals surface area contributed by atoms with Gasteiger partial charge in [0.05, 0.1) is 0 Å². The van der Waals surface area contributed by atoms with Crippen LogP contribution >= 0.6 is 0 Å². The third-order valence-corrected chi connectivity index (χ3v) is 3.20. The Morgan fingerprint density at radius 2 is 2.33 bits per heavy atom. The summed E-state index contributed by atoms with van der Waals surface area (Å²) in [5.74, 6) is 0.481. The number of nitrogens with one attached hydrogen (secondary N) is 1. The Bertz CT molecular complexity index is 395. The largest absolute Gasteiger partial charge is 0.327 e. The highest BCUT2D eigenvalue weighted by molar-refractivity contribution is 5.75. The van der Waals surface area contributed by atoms with Crippen molar-refractivity contribution in [1.82, 2.24) is 20.1 Å². The minimum absolute atomic E-state index is 0.103. The molecule has 1 aromatic heterocycles. The number of nitrogens with zero attached hydrogens (tertiary/aromatic N) is 3. The van der Waals surface area contributed by atoms with Crippen molar-refractivity contribution in [3.8, 4) is 0 Å². The van der Waals surface area contributed by atoms with Crippen molar-refractivity contribution in [1.29, 1.82) is 0 Å². The molecule has 0 aliphatic carbocycles. The molecule has 2 amide bonds. The summed E-state index contributed by atoms with van der Waals surface area (Å²) in [6.45, 7) is 3.19. The second-order valence-corrected chi connectivity index (χ2v) is 4.83. The molecule has 2 rings (SSSR count). The van der Waals surface area contributed by atoms with E-state index in [1.54, 1.807) is 11.1 Å². The zero-order valence-corrected chi connectivity index (χ0v) is 11.0. The van der Waals surface area contributed by atoms with Crippen molar-refractivity contribution in [2.75, 3.05) is 33.7 Å². The molecule has 1 N–H and O–H groups in total. The molecule has 0 aromatic carbocycles. The standard InChI is InChI=1S/C13H20N4O/c1-14-6-12-8-16(2)13(18)17(10-12)9-11-4-3-5-15-7-11/h3-5,7,12,14H,6,8-10H2,1-2H3. The predicted octanol–water partition coefficient (Wildman–Crippen LogP) is 0.785. The van der Waals surface area contributed by atoms with Gasteiger partial charge in [-0.05, 0) is 18.7 Å². The maximum absolute atomic E-state index is 12.1. The molecule has 2 heterocycles. The SMILES string of the molecule is CNCC1CN(C)C(=O)N(Cc2cccnc2)C1. The summed E-state index contributed by atoms with van der Waals surface area (Å²) in [6.07, 6.45) is 3.56. The maximum Gasteiger partial charge on any atom is 0.320 e. The van der Waals surface area contributed by atoms with Crippen molar-refractivity contribution in [3.63, 3.8) is 0 Å². The number of hydrogen-bond donors (Lipinski definition) is 1. The molecule has 1 aliphatic heterocycles. The van der Waals surface area contributed by atoms with E-state index in [0.29, 0.717) is 12.5 Å². The van der Waals surface area contributed by atoms with E-state index in [-0.39, 0.29) is 6.03 Å².